The number of likely N-dealkylation sites (tertiary alicyclic amines) is 1. The lowest BCUT2D eigenvalue weighted by atomic mass is 10.1. The number of hydrogen-bond acceptors (Lipinski definition) is 4. The number of nitrogens with one attached hydrogen (secondary N) is 3. The summed E-state index contributed by atoms with van der Waals surface area (Å²) in [6, 6.07) is 13.8. The Morgan fingerprint density at radius 2 is 1.72 bits per heavy atom. The number of hydrogen-bond donors (Lipinski definition) is 3. The summed E-state index contributed by atoms with van der Waals surface area (Å²) in [4.78, 5) is 27.1. The largest absolute Gasteiger partial charge is 0.496 e. The van der Waals surface area contributed by atoms with Gasteiger partial charge in [0.15, 0.2) is 0 Å². The van der Waals surface area contributed by atoms with Crippen molar-refractivity contribution in [3.05, 3.63) is 54.1 Å². The predicted octanol–water partition coefficient (Wildman–Crippen LogP) is 3.55. The van der Waals surface area contributed by atoms with Gasteiger partial charge in [-0.3, -0.25) is 4.79 Å². The van der Waals surface area contributed by atoms with Gasteiger partial charge in [-0.25, -0.2) is 4.79 Å². The lowest BCUT2D eigenvalue weighted by molar-refractivity contribution is 0.0949. The normalized spacial score (nSPS) is 13.7. The summed E-state index contributed by atoms with van der Waals surface area (Å²) in [5.41, 5.74) is 1.69. The van der Waals surface area contributed by atoms with Gasteiger partial charge in [-0.05, 0) is 63.2 Å². The van der Waals surface area contributed by atoms with Crippen LogP contribution in [0, 0.1) is 0 Å². The molecule has 2 aromatic rings. The first-order chi connectivity index (χ1) is 14.2. The summed E-state index contributed by atoms with van der Waals surface area (Å²) in [5.74, 6) is 0.239. The molecule has 7 heteroatoms. The number of methoxy groups -OCH3 is 1. The molecule has 154 valence electrons. The Morgan fingerprint density at radius 3 is 2.45 bits per heavy atom. The highest BCUT2D eigenvalue weighted by Crippen LogP contribution is 2.23. The molecule has 3 N–H and O–H groups in total. The maximum atomic E-state index is 12.5. The van der Waals surface area contributed by atoms with Crippen molar-refractivity contribution >= 4 is 23.3 Å². The smallest absolute Gasteiger partial charge is 0.323 e. The lowest BCUT2D eigenvalue weighted by Crippen LogP contribution is -2.29. The lowest BCUT2D eigenvalue weighted by Gasteiger charge is -2.15. The second kappa shape index (κ2) is 10.5. The molecule has 0 bridgehead atoms. The third-order valence-electron chi connectivity index (χ3n) is 4.87. The van der Waals surface area contributed by atoms with Gasteiger partial charge in [0.2, 0.25) is 0 Å². The summed E-state index contributed by atoms with van der Waals surface area (Å²) in [5, 5.41) is 8.44. The van der Waals surface area contributed by atoms with Gasteiger partial charge in [-0.1, -0.05) is 18.2 Å². The first kappa shape index (κ1) is 20.7. The molecule has 0 aliphatic carbocycles. The van der Waals surface area contributed by atoms with Gasteiger partial charge in [0.25, 0.3) is 5.91 Å². The van der Waals surface area contributed by atoms with Crippen molar-refractivity contribution in [3.63, 3.8) is 0 Å². The zero-order chi connectivity index (χ0) is 20.5. The van der Waals surface area contributed by atoms with Crippen molar-refractivity contribution in [2.45, 2.75) is 19.3 Å². The van der Waals surface area contributed by atoms with E-state index in [1.165, 1.54) is 20.0 Å². The van der Waals surface area contributed by atoms with Crippen LogP contribution >= 0.6 is 0 Å². The Hall–Kier alpha value is -3.06. The highest BCUT2D eigenvalue weighted by molar-refractivity contribution is 6.01. The Bertz CT molecular complexity index is 820. The van der Waals surface area contributed by atoms with E-state index < -0.39 is 0 Å². The molecular formula is C22H28N4O3. The van der Waals surface area contributed by atoms with Gasteiger partial charge in [0.1, 0.15) is 5.75 Å². The molecule has 1 heterocycles. The highest BCUT2D eigenvalue weighted by Gasteiger charge is 2.14. The Kier molecular flexibility index (Phi) is 7.47. The number of carbonyl (C=O) groups is 2. The van der Waals surface area contributed by atoms with Crippen molar-refractivity contribution in [2.24, 2.45) is 0 Å². The van der Waals surface area contributed by atoms with Gasteiger partial charge in [0, 0.05) is 24.0 Å². The van der Waals surface area contributed by atoms with Crippen molar-refractivity contribution in [1.29, 1.82) is 0 Å². The summed E-state index contributed by atoms with van der Waals surface area (Å²) in [6.07, 6.45) is 3.47. The van der Waals surface area contributed by atoms with Crippen LogP contribution in [0.4, 0.5) is 16.2 Å². The molecule has 1 aliphatic heterocycles. The highest BCUT2D eigenvalue weighted by atomic mass is 16.5. The third kappa shape index (κ3) is 6.22. The van der Waals surface area contributed by atoms with E-state index in [0.29, 0.717) is 29.2 Å². The summed E-state index contributed by atoms with van der Waals surface area (Å²) >= 11 is 0. The molecule has 0 unspecified atom stereocenters. The topological polar surface area (TPSA) is 82.7 Å². The third-order valence-corrected chi connectivity index (χ3v) is 4.87. The van der Waals surface area contributed by atoms with E-state index >= 15 is 0 Å². The first-order valence-electron chi connectivity index (χ1n) is 9.97. The Morgan fingerprint density at radius 1 is 1.00 bits per heavy atom. The van der Waals surface area contributed by atoms with E-state index in [1.807, 2.05) is 18.2 Å². The van der Waals surface area contributed by atoms with Gasteiger partial charge in [-0.15, -0.1) is 0 Å². The van der Waals surface area contributed by atoms with Crippen LogP contribution in [0.3, 0.4) is 0 Å². The van der Waals surface area contributed by atoms with Gasteiger partial charge in [-0.2, -0.15) is 0 Å². The molecule has 7 nitrogen and oxygen atoms in total. The number of carbonyl (C=O) groups excluding carboxylic acids is 2. The van der Waals surface area contributed by atoms with E-state index in [9.17, 15) is 9.59 Å². The van der Waals surface area contributed by atoms with Crippen molar-refractivity contribution in [2.75, 3.05) is 43.9 Å². The summed E-state index contributed by atoms with van der Waals surface area (Å²) in [7, 11) is 1.51. The minimum Gasteiger partial charge on any atom is -0.496 e. The van der Waals surface area contributed by atoms with E-state index in [0.717, 1.165) is 26.1 Å². The van der Waals surface area contributed by atoms with Crippen LogP contribution in [0.15, 0.2) is 48.5 Å². The average Bonchev–Trinajstić information content (AvgIpc) is 3.25. The fourth-order valence-electron chi connectivity index (χ4n) is 3.38. The van der Waals surface area contributed by atoms with Crippen LogP contribution in [-0.2, 0) is 0 Å². The fourth-order valence-corrected chi connectivity index (χ4v) is 3.38. The second-order valence-electron chi connectivity index (χ2n) is 7.02. The molecule has 2 aromatic carbocycles. The van der Waals surface area contributed by atoms with E-state index in [-0.39, 0.29) is 11.9 Å². The van der Waals surface area contributed by atoms with Crippen molar-refractivity contribution < 1.29 is 14.3 Å². The Labute approximate surface area is 171 Å². The van der Waals surface area contributed by atoms with E-state index in [4.69, 9.17) is 4.74 Å². The maximum Gasteiger partial charge on any atom is 0.323 e. The van der Waals surface area contributed by atoms with Crippen LogP contribution in [0.25, 0.3) is 0 Å². The van der Waals surface area contributed by atoms with Crippen LogP contribution in [0.5, 0.6) is 5.75 Å². The number of rotatable bonds is 8. The van der Waals surface area contributed by atoms with Gasteiger partial charge in [0.05, 0.1) is 12.7 Å². The number of amides is 3. The predicted molar refractivity (Wildman–Crippen MR) is 115 cm³/mol. The molecule has 3 rings (SSSR count). The first-order valence-corrected chi connectivity index (χ1v) is 9.97. The molecule has 0 atom stereocenters. The molecule has 0 saturated carbocycles. The monoisotopic (exact) mass is 396 g/mol. The van der Waals surface area contributed by atoms with Gasteiger partial charge < -0.3 is 25.6 Å². The number of urea groups is 1. The zero-order valence-corrected chi connectivity index (χ0v) is 16.7. The Balaban J connectivity index is 1.51. The quantitative estimate of drug-likeness (QED) is 0.596. The SMILES string of the molecule is COc1cc(NC(=O)Nc2ccccc2)ccc1C(=O)NCCCN1CCCC1. The minimum atomic E-state index is -0.364. The van der Waals surface area contributed by atoms with Crippen LogP contribution in [0.2, 0.25) is 0 Å². The molecule has 0 radical (unpaired) electrons. The molecule has 1 aliphatic rings. The number of nitrogens with zero attached hydrogens (tertiary/aromatic N) is 1. The fraction of sp³-hybridized carbons (Fsp3) is 0.364. The number of para-hydroxylation sites is 1. The van der Waals surface area contributed by atoms with E-state index in [2.05, 4.69) is 20.9 Å². The van der Waals surface area contributed by atoms with Crippen LogP contribution in [-0.4, -0.2) is 50.1 Å². The zero-order valence-electron chi connectivity index (χ0n) is 16.7. The minimum absolute atomic E-state index is 0.177. The number of anilines is 2. The van der Waals surface area contributed by atoms with Crippen molar-refractivity contribution in [3.8, 4) is 5.75 Å². The molecule has 1 fully saturated rings. The van der Waals surface area contributed by atoms with Gasteiger partial charge >= 0.3 is 6.03 Å². The second-order valence-corrected chi connectivity index (χ2v) is 7.02. The summed E-state index contributed by atoms with van der Waals surface area (Å²) < 4.78 is 5.35. The number of benzene rings is 2. The van der Waals surface area contributed by atoms with Crippen LogP contribution in [0.1, 0.15) is 29.6 Å². The maximum absolute atomic E-state index is 12.5. The molecule has 1 saturated heterocycles. The average molecular weight is 396 g/mol. The molecule has 0 spiro atoms. The molecule has 0 aromatic heterocycles. The molecular weight excluding hydrogens is 368 g/mol. The van der Waals surface area contributed by atoms with Crippen LogP contribution < -0.4 is 20.7 Å². The van der Waals surface area contributed by atoms with Crippen molar-refractivity contribution in [1.82, 2.24) is 10.2 Å². The molecule has 29 heavy (non-hydrogen) atoms. The van der Waals surface area contributed by atoms with E-state index in [1.54, 1.807) is 30.3 Å². The standard InChI is InChI=1S/C22H28N4O3/c1-29-20-16-18(25-22(28)24-17-8-3-2-4-9-17)10-11-19(20)21(27)23-12-7-15-26-13-5-6-14-26/h2-4,8-11,16H,5-7,12-15H2,1H3,(H,23,27)(H2,24,25,28). The number of ether oxygens (including phenoxy) is 1. The summed E-state index contributed by atoms with van der Waals surface area (Å²) in [6.45, 7) is 3.96. The molecule has 3 amide bonds.